The number of anilines is 1. The number of fused-ring (bicyclic) bond motifs is 1. The first-order valence-corrected chi connectivity index (χ1v) is 12.5. The van der Waals surface area contributed by atoms with E-state index in [-0.39, 0.29) is 17.2 Å². The van der Waals surface area contributed by atoms with Crippen LogP contribution in [0, 0.1) is 0 Å². The molecule has 0 saturated carbocycles. The number of aromatic nitrogens is 2. The molecule has 1 amide bonds. The normalized spacial score (nSPS) is 13.1. The Morgan fingerprint density at radius 2 is 1.66 bits per heavy atom. The van der Waals surface area contributed by atoms with E-state index in [0.29, 0.717) is 41.3 Å². The summed E-state index contributed by atoms with van der Waals surface area (Å²) in [7, 11) is 0. The van der Waals surface area contributed by atoms with Gasteiger partial charge in [-0.05, 0) is 36.2 Å². The summed E-state index contributed by atoms with van der Waals surface area (Å²) in [5, 5.41) is 10.4. The Kier molecular flexibility index (Phi) is 6.90. The summed E-state index contributed by atoms with van der Waals surface area (Å²) in [5.74, 6) is 0.619. The van der Waals surface area contributed by atoms with E-state index >= 15 is 0 Å². The number of hydrogen-bond acceptors (Lipinski definition) is 6. The second-order valence-electron chi connectivity index (χ2n) is 8.20. The van der Waals surface area contributed by atoms with E-state index in [9.17, 15) is 9.59 Å². The number of hydrogen-bond donors (Lipinski definition) is 1. The number of nitrogens with zero attached hydrogens (tertiary/aromatic N) is 4. The lowest BCUT2D eigenvalue weighted by Gasteiger charge is -2.13. The fraction of sp³-hybridized carbons (Fsp3) is 0.185. The Hall–Kier alpha value is -3.91. The second-order valence-corrected chi connectivity index (χ2v) is 9.14. The molecular weight excluding hydrogens is 458 g/mol. The lowest BCUT2D eigenvalue weighted by atomic mass is 10.1. The van der Waals surface area contributed by atoms with Gasteiger partial charge in [0.15, 0.2) is 5.16 Å². The average Bonchev–Trinajstić information content (AvgIpc) is 3.36. The maximum absolute atomic E-state index is 13.2. The number of carbonyl (C=O) groups excluding carboxylic acids is 1. The molecule has 0 atom stereocenters. The predicted octanol–water partition coefficient (Wildman–Crippen LogP) is 4.07. The van der Waals surface area contributed by atoms with Gasteiger partial charge in [0.05, 0.1) is 22.3 Å². The molecule has 0 spiro atoms. The van der Waals surface area contributed by atoms with Crippen molar-refractivity contribution in [3.63, 3.8) is 0 Å². The van der Waals surface area contributed by atoms with E-state index < -0.39 is 0 Å². The molecule has 1 aliphatic rings. The third-order valence-electron chi connectivity index (χ3n) is 5.77. The molecule has 7 nitrogen and oxygen atoms in total. The largest absolute Gasteiger partial charge is 0.312 e. The Balaban J connectivity index is 1.30. The number of para-hydroxylation sites is 2. The van der Waals surface area contributed by atoms with Gasteiger partial charge in [-0.15, -0.1) is 0 Å². The maximum Gasteiger partial charge on any atom is 0.262 e. The highest BCUT2D eigenvalue weighted by Crippen LogP contribution is 2.20. The quantitative estimate of drug-likeness (QED) is 0.317. The Morgan fingerprint density at radius 3 is 2.46 bits per heavy atom. The summed E-state index contributed by atoms with van der Waals surface area (Å²) >= 11 is 1.27. The van der Waals surface area contributed by atoms with E-state index in [1.807, 2.05) is 83.9 Å². The zero-order chi connectivity index (χ0) is 24.0. The van der Waals surface area contributed by atoms with Gasteiger partial charge < -0.3 is 5.32 Å². The van der Waals surface area contributed by atoms with Gasteiger partial charge in [0, 0.05) is 19.5 Å². The smallest absolute Gasteiger partial charge is 0.262 e. The maximum atomic E-state index is 13.2. The van der Waals surface area contributed by atoms with Crippen molar-refractivity contribution < 1.29 is 4.79 Å². The van der Waals surface area contributed by atoms with E-state index in [1.54, 1.807) is 10.6 Å². The summed E-state index contributed by atoms with van der Waals surface area (Å²) in [6, 6.07) is 27.2. The summed E-state index contributed by atoms with van der Waals surface area (Å²) in [5.41, 5.74) is 2.68. The molecule has 1 aliphatic heterocycles. The minimum absolute atomic E-state index is 0.0897. The number of hydrazone groups is 1. The molecule has 0 fully saturated rings. The molecule has 8 heteroatoms. The standard InChI is InChI=1S/C27H25N5O2S/c33-25(29-24-16-18-32(30-24)21-11-5-2-6-12-21)19-35-27-28-23-14-8-7-13-22(23)26(34)31(27)17-15-20-9-3-1-4-10-20/h1-14H,15-19H2,(H,29,30,33). The number of rotatable bonds is 7. The molecule has 4 aromatic rings. The molecular formula is C27H25N5O2S. The number of thioether (sulfide) groups is 1. The molecule has 3 aromatic carbocycles. The molecule has 0 radical (unpaired) electrons. The molecule has 1 aromatic heterocycles. The third kappa shape index (κ3) is 5.44. The van der Waals surface area contributed by atoms with Gasteiger partial charge >= 0.3 is 0 Å². The van der Waals surface area contributed by atoms with Crippen LogP contribution in [-0.4, -0.2) is 33.6 Å². The molecule has 176 valence electrons. The number of nitrogens with one attached hydrogen (secondary N) is 1. The minimum Gasteiger partial charge on any atom is -0.312 e. The first kappa shape index (κ1) is 22.9. The van der Waals surface area contributed by atoms with E-state index in [0.717, 1.165) is 17.8 Å². The second kappa shape index (κ2) is 10.6. The van der Waals surface area contributed by atoms with E-state index in [4.69, 9.17) is 4.98 Å². The Labute approximate surface area is 207 Å². The first-order valence-electron chi connectivity index (χ1n) is 11.5. The molecule has 0 aliphatic carbocycles. The third-order valence-corrected chi connectivity index (χ3v) is 6.74. The number of carbonyl (C=O) groups is 1. The highest BCUT2D eigenvalue weighted by molar-refractivity contribution is 7.99. The van der Waals surface area contributed by atoms with Gasteiger partial charge in [-0.2, -0.15) is 5.10 Å². The fourth-order valence-electron chi connectivity index (χ4n) is 4.00. The summed E-state index contributed by atoms with van der Waals surface area (Å²) < 4.78 is 1.68. The molecule has 0 unspecified atom stereocenters. The zero-order valence-electron chi connectivity index (χ0n) is 19.1. The minimum atomic E-state index is -0.166. The lowest BCUT2D eigenvalue weighted by Crippen LogP contribution is -2.31. The summed E-state index contributed by atoms with van der Waals surface area (Å²) in [6.45, 7) is 1.21. The molecule has 0 saturated heterocycles. The summed E-state index contributed by atoms with van der Waals surface area (Å²) in [4.78, 5) is 30.7. The SMILES string of the molecule is O=C(CSc1nc2ccccc2c(=O)n1CCc1ccccc1)NC1=NN(c2ccccc2)CC1. The first-order chi connectivity index (χ1) is 17.2. The van der Waals surface area contributed by atoms with Gasteiger partial charge in [-0.25, -0.2) is 4.98 Å². The van der Waals surface area contributed by atoms with Crippen molar-refractivity contribution in [3.8, 4) is 0 Å². The van der Waals surface area contributed by atoms with Gasteiger partial charge in [-0.3, -0.25) is 19.2 Å². The number of amidine groups is 1. The van der Waals surface area contributed by atoms with E-state index in [1.165, 1.54) is 11.8 Å². The van der Waals surface area contributed by atoms with Crippen LogP contribution in [0.5, 0.6) is 0 Å². The van der Waals surface area contributed by atoms with Crippen molar-refractivity contribution in [2.75, 3.05) is 17.3 Å². The van der Waals surface area contributed by atoms with Crippen LogP contribution in [0.15, 0.2) is 100.0 Å². The van der Waals surface area contributed by atoms with Crippen molar-refractivity contribution in [2.24, 2.45) is 5.10 Å². The van der Waals surface area contributed by atoms with Crippen LogP contribution >= 0.6 is 11.8 Å². The molecule has 5 rings (SSSR count). The fourth-order valence-corrected chi connectivity index (χ4v) is 4.82. The van der Waals surface area contributed by atoms with Crippen molar-refractivity contribution >= 4 is 40.1 Å². The topological polar surface area (TPSA) is 79.6 Å². The molecule has 35 heavy (non-hydrogen) atoms. The van der Waals surface area contributed by atoms with Crippen LogP contribution in [0.4, 0.5) is 5.69 Å². The van der Waals surface area contributed by atoms with E-state index in [2.05, 4.69) is 10.4 Å². The molecule has 1 N–H and O–H groups in total. The summed E-state index contributed by atoms with van der Waals surface area (Å²) in [6.07, 6.45) is 1.37. The van der Waals surface area contributed by atoms with Crippen LogP contribution in [0.2, 0.25) is 0 Å². The van der Waals surface area contributed by atoms with Crippen molar-refractivity contribution in [1.82, 2.24) is 14.9 Å². The van der Waals surface area contributed by atoms with Gasteiger partial charge in [0.25, 0.3) is 5.56 Å². The molecule has 2 heterocycles. The Bertz CT molecular complexity index is 1420. The average molecular weight is 484 g/mol. The number of benzene rings is 3. The van der Waals surface area contributed by atoms with Crippen molar-refractivity contribution in [1.29, 1.82) is 0 Å². The highest BCUT2D eigenvalue weighted by atomic mass is 32.2. The van der Waals surface area contributed by atoms with Gasteiger partial charge in [-0.1, -0.05) is 72.4 Å². The zero-order valence-corrected chi connectivity index (χ0v) is 19.9. The van der Waals surface area contributed by atoms with Crippen molar-refractivity contribution in [2.45, 2.75) is 24.5 Å². The van der Waals surface area contributed by atoms with Gasteiger partial charge in [0.1, 0.15) is 5.84 Å². The van der Waals surface area contributed by atoms with Crippen LogP contribution in [0.1, 0.15) is 12.0 Å². The van der Waals surface area contributed by atoms with Crippen molar-refractivity contribution in [3.05, 3.63) is 101 Å². The monoisotopic (exact) mass is 483 g/mol. The van der Waals surface area contributed by atoms with Gasteiger partial charge in [0.2, 0.25) is 5.91 Å². The number of aryl methyl sites for hydroxylation is 1. The van der Waals surface area contributed by atoms with Crippen LogP contribution in [-0.2, 0) is 17.8 Å². The lowest BCUT2D eigenvalue weighted by molar-refractivity contribution is -0.117. The Morgan fingerprint density at radius 1 is 0.943 bits per heavy atom. The highest BCUT2D eigenvalue weighted by Gasteiger charge is 2.19. The number of amides is 1. The predicted molar refractivity (Wildman–Crippen MR) is 141 cm³/mol. The van der Waals surface area contributed by atoms with Crippen LogP contribution in [0.3, 0.4) is 0 Å². The van der Waals surface area contributed by atoms with Crippen LogP contribution in [0.25, 0.3) is 10.9 Å². The molecule has 0 bridgehead atoms. The van der Waals surface area contributed by atoms with Crippen LogP contribution < -0.4 is 15.9 Å².